The van der Waals surface area contributed by atoms with Crippen molar-refractivity contribution in [3.8, 4) is 0 Å². The molecule has 4 nitrogen and oxygen atoms in total. The summed E-state index contributed by atoms with van der Waals surface area (Å²) in [7, 11) is 1.70. The van der Waals surface area contributed by atoms with Gasteiger partial charge in [-0.05, 0) is 48.6 Å². The van der Waals surface area contributed by atoms with Crippen LogP contribution >= 0.6 is 11.8 Å². The zero-order valence-electron chi connectivity index (χ0n) is 14.9. The van der Waals surface area contributed by atoms with Crippen LogP contribution in [0.25, 0.3) is 11.0 Å². The van der Waals surface area contributed by atoms with Crippen molar-refractivity contribution in [2.24, 2.45) is 0 Å². The Hall–Kier alpha value is -2.11. The van der Waals surface area contributed by atoms with Crippen LogP contribution in [0.3, 0.4) is 0 Å². The molecule has 2 aromatic carbocycles. The maximum atomic E-state index is 12.7. The number of ether oxygens (including phenoxy) is 1. The Labute approximate surface area is 157 Å². The van der Waals surface area contributed by atoms with Gasteiger partial charge in [-0.3, -0.25) is 4.79 Å². The van der Waals surface area contributed by atoms with Crippen LogP contribution in [0.5, 0.6) is 0 Å². The summed E-state index contributed by atoms with van der Waals surface area (Å²) in [6.45, 7) is 1.35. The first-order valence-corrected chi connectivity index (χ1v) is 9.97. The number of hydrogen-bond acceptors (Lipinski definition) is 4. The van der Waals surface area contributed by atoms with Crippen molar-refractivity contribution in [1.29, 1.82) is 0 Å². The molecule has 1 aromatic heterocycles. The van der Waals surface area contributed by atoms with Crippen LogP contribution in [-0.2, 0) is 24.1 Å². The molecule has 0 fully saturated rings. The number of aromatic nitrogens is 2. The number of carbonyl (C=O) groups excluding carboxylic acids is 1. The number of fused-ring (bicyclic) bond motifs is 2. The van der Waals surface area contributed by atoms with E-state index in [0.29, 0.717) is 12.4 Å². The summed E-state index contributed by atoms with van der Waals surface area (Å²) in [6.07, 6.45) is 3.43. The monoisotopic (exact) mass is 366 g/mol. The first-order valence-electron chi connectivity index (χ1n) is 8.98. The average molecular weight is 366 g/mol. The van der Waals surface area contributed by atoms with E-state index in [2.05, 4.69) is 22.8 Å². The Kier molecular flexibility index (Phi) is 5.09. The Balaban J connectivity index is 1.52. The topological polar surface area (TPSA) is 44.1 Å². The van der Waals surface area contributed by atoms with Crippen molar-refractivity contribution in [2.45, 2.75) is 31.0 Å². The molecule has 5 heteroatoms. The number of Topliss-reactive ketones (excluding diaryl/α,β-unsaturated/α-hetero) is 1. The van der Waals surface area contributed by atoms with Gasteiger partial charge in [-0.1, -0.05) is 36.0 Å². The minimum atomic E-state index is 0.162. The number of ketones is 1. The number of nitrogens with zero attached hydrogens (tertiary/aromatic N) is 2. The van der Waals surface area contributed by atoms with Crippen LogP contribution in [0, 0.1) is 0 Å². The highest BCUT2D eigenvalue weighted by atomic mass is 32.2. The molecule has 0 atom stereocenters. The van der Waals surface area contributed by atoms with Gasteiger partial charge in [-0.15, -0.1) is 0 Å². The molecular formula is C21H22N2O2S. The number of aryl methyl sites for hydroxylation is 2. The number of methoxy groups -OCH3 is 1. The van der Waals surface area contributed by atoms with Gasteiger partial charge >= 0.3 is 0 Å². The summed E-state index contributed by atoms with van der Waals surface area (Å²) < 4.78 is 7.37. The number of rotatable bonds is 7. The average Bonchev–Trinajstić information content (AvgIpc) is 3.27. The molecule has 1 heterocycles. The lowest BCUT2D eigenvalue weighted by molar-refractivity contribution is 0.102. The lowest BCUT2D eigenvalue weighted by Gasteiger charge is -2.08. The lowest BCUT2D eigenvalue weighted by atomic mass is 10.0. The van der Waals surface area contributed by atoms with Crippen molar-refractivity contribution >= 4 is 28.6 Å². The molecule has 0 saturated carbocycles. The fourth-order valence-electron chi connectivity index (χ4n) is 3.52. The lowest BCUT2D eigenvalue weighted by Crippen LogP contribution is -2.08. The molecule has 1 aliphatic carbocycles. The van der Waals surface area contributed by atoms with E-state index < -0.39 is 0 Å². The second-order valence-corrected chi connectivity index (χ2v) is 7.52. The van der Waals surface area contributed by atoms with Gasteiger partial charge in [0.25, 0.3) is 0 Å². The molecule has 3 aromatic rings. The van der Waals surface area contributed by atoms with Crippen molar-refractivity contribution in [3.05, 3.63) is 59.2 Å². The summed E-state index contributed by atoms with van der Waals surface area (Å²) in [6, 6.07) is 14.2. The standard InChI is InChI=1S/C21H22N2O2S/c1-25-12-11-23-19-8-3-2-7-18(19)22-21(23)26-14-20(24)17-10-9-15-5-4-6-16(15)13-17/h2-3,7-10,13H,4-6,11-12,14H2,1H3. The van der Waals surface area contributed by atoms with Gasteiger partial charge in [0.15, 0.2) is 10.9 Å². The number of thioether (sulfide) groups is 1. The largest absolute Gasteiger partial charge is 0.383 e. The first kappa shape index (κ1) is 17.3. The van der Waals surface area contributed by atoms with Crippen molar-refractivity contribution < 1.29 is 9.53 Å². The predicted octanol–water partition coefficient (Wildman–Crippen LogP) is 4.15. The van der Waals surface area contributed by atoms with Gasteiger partial charge in [-0.25, -0.2) is 4.98 Å². The zero-order chi connectivity index (χ0) is 17.9. The quantitative estimate of drug-likeness (QED) is 0.465. The fourth-order valence-corrected chi connectivity index (χ4v) is 4.46. The molecule has 4 rings (SSSR count). The Morgan fingerprint density at radius 3 is 2.92 bits per heavy atom. The maximum absolute atomic E-state index is 12.7. The van der Waals surface area contributed by atoms with Crippen LogP contribution < -0.4 is 0 Å². The molecule has 1 aliphatic rings. The van der Waals surface area contributed by atoms with Gasteiger partial charge in [0.05, 0.1) is 23.4 Å². The molecule has 0 unspecified atom stereocenters. The smallest absolute Gasteiger partial charge is 0.173 e. The minimum absolute atomic E-state index is 0.162. The highest BCUT2D eigenvalue weighted by molar-refractivity contribution is 7.99. The number of para-hydroxylation sites is 2. The molecule has 0 radical (unpaired) electrons. The summed E-state index contributed by atoms with van der Waals surface area (Å²) >= 11 is 1.51. The van der Waals surface area contributed by atoms with Gasteiger partial charge in [-0.2, -0.15) is 0 Å². The Morgan fingerprint density at radius 1 is 1.19 bits per heavy atom. The third-order valence-corrected chi connectivity index (χ3v) is 5.87. The van der Waals surface area contributed by atoms with Crippen LogP contribution in [-0.4, -0.2) is 34.8 Å². The third kappa shape index (κ3) is 3.41. The van der Waals surface area contributed by atoms with Crippen LogP contribution in [0.2, 0.25) is 0 Å². The number of hydrogen-bond donors (Lipinski definition) is 0. The van der Waals surface area contributed by atoms with Crippen molar-refractivity contribution in [1.82, 2.24) is 9.55 Å². The van der Waals surface area contributed by atoms with E-state index in [0.717, 1.165) is 41.1 Å². The van der Waals surface area contributed by atoms with Crippen molar-refractivity contribution in [3.63, 3.8) is 0 Å². The van der Waals surface area contributed by atoms with Crippen LogP contribution in [0.4, 0.5) is 0 Å². The molecule has 0 amide bonds. The van der Waals surface area contributed by atoms with Crippen molar-refractivity contribution in [2.75, 3.05) is 19.5 Å². The second kappa shape index (κ2) is 7.64. The van der Waals surface area contributed by atoms with Crippen LogP contribution in [0.1, 0.15) is 27.9 Å². The SMILES string of the molecule is COCCn1c(SCC(=O)c2ccc3c(c2)CCC3)nc2ccccc21. The highest BCUT2D eigenvalue weighted by Crippen LogP contribution is 2.26. The molecule has 0 N–H and O–H groups in total. The van der Waals surface area contributed by atoms with E-state index in [9.17, 15) is 4.79 Å². The van der Waals surface area contributed by atoms with E-state index in [4.69, 9.17) is 9.72 Å². The van der Waals surface area contributed by atoms with E-state index >= 15 is 0 Å². The number of imidazole rings is 1. The molecule has 0 bridgehead atoms. The summed E-state index contributed by atoms with van der Waals surface area (Å²) in [5.41, 5.74) is 5.59. The van der Waals surface area contributed by atoms with Crippen LogP contribution in [0.15, 0.2) is 47.6 Å². The van der Waals surface area contributed by atoms with E-state index in [-0.39, 0.29) is 5.78 Å². The van der Waals surface area contributed by atoms with Gasteiger partial charge in [0.1, 0.15) is 0 Å². The summed E-state index contributed by atoms with van der Waals surface area (Å²) in [4.78, 5) is 17.4. The minimum Gasteiger partial charge on any atom is -0.383 e. The molecule has 134 valence electrons. The van der Waals surface area contributed by atoms with E-state index in [1.54, 1.807) is 7.11 Å². The van der Waals surface area contributed by atoms with E-state index in [1.807, 2.05) is 24.3 Å². The summed E-state index contributed by atoms with van der Waals surface area (Å²) in [5, 5.41) is 0.873. The maximum Gasteiger partial charge on any atom is 0.173 e. The molecule has 0 aliphatic heterocycles. The Morgan fingerprint density at radius 2 is 2.04 bits per heavy atom. The number of benzene rings is 2. The normalized spacial score (nSPS) is 13.3. The van der Waals surface area contributed by atoms with Gasteiger partial charge in [0.2, 0.25) is 0 Å². The highest BCUT2D eigenvalue weighted by Gasteiger charge is 2.16. The molecule has 0 saturated heterocycles. The summed E-state index contributed by atoms with van der Waals surface area (Å²) in [5.74, 6) is 0.560. The number of carbonyl (C=O) groups is 1. The fraction of sp³-hybridized carbons (Fsp3) is 0.333. The van der Waals surface area contributed by atoms with E-state index in [1.165, 1.54) is 29.3 Å². The third-order valence-electron chi connectivity index (χ3n) is 4.89. The Bertz CT molecular complexity index is 948. The first-order chi connectivity index (χ1) is 12.8. The molecular weight excluding hydrogens is 344 g/mol. The van der Waals surface area contributed by atoms with Gasteiger partial charge < -0.3 is 9.30 Å². The molecule has 0 spiro atoms. The second-order valence-electron chi connectivity index (χ2n) is 6.58. The zero-order valence-corrected chi connectivity index (χ0v) is 15.7. The molecule has 26 heavy (non-hydrogen) atoms. The van der Waals surface area contributed by atoms with Gasteiger partial charge in [0, 0.05) is 19.2 Å². The predicted molar refractivity (Wildman–Crippen MR) is 105 cm³/mol.